The molecule has 0 aromatic carbocycles. The summed E-state index contributed by atoms with van der Waals surface area (Å²) in [5.41, 5.74) is 1.03. The Morgan fingerprint density at radius 2 is 1.92 bits per heavy atom. The summed E-state index contributed by atoms with van der Waals surface area (Å²) in [6.45, 7) is 15.5. The molecule has 0 aliphatic rings. The van der Waals surface area contributed by atoms with Gasteiger partial charge in [-0.05, 0) is 20.8 Å². The minimum atomic E-state index is 0.0596. The summed E-state index contributed by atoms with van der Waals surface area (Å²) in [7, 11) is 1.89. The van der Waals surface area contributed by atoms with Crippen LogP contribution in [0.15, 0.2) is 10.4 Å². The lowest BCUT2D eigenvalue weighted by atomic mass is 9.98. The first-order valence-corrected chi connectivity index (χ1v) is 9.82. The predicted molar refractivity (Wildman–Crippen MR) is 106 cm³/mol. The van der Waals surface area contributed by atoms with Gasteiger partial charge in [0.2, 0.25) is 5.91 Å². The van der Waals surface area contributed by atoms with Gasteiger partial charge in [0.15, 0.2) is 5.96 Å². The van der Waals surface area contributed by atoms with E-state index in [4.69, 9.17) is 0 Å². The number of rotatable bonds is 7. The number of nitrogens with zero attached hydrogens (tertiary/aromatic N) is 4. The van der Waals surface area contributed by atoms with Gasteiger partial charge >= 0.3 is 0 Å². The molecule has 7 heteroatoms. The molecule has 0 bridgehead atoms. The van der Waals surface area contributed by atoms with Gasteiger partial charge < -0.3 is 15.1 Å². The second-order valence-corrected chi connectivity index (χ2v) is 7.84. The van der Waals surface area contributed by atoms with Crippen molar-refractivity contribution in [3.63, 3.8) is 0 Å². The monoisotopic (exact) mass is 367 g/mol. The lowest BCUT2D eigenvalue weighted by Gasteiger charge is -2.25. The van der Waals surface area contributed by atoms with E-state index in [0.717, 1.165) is 36.3 Å². The van der Waals surface area contributed by atoms with Gasteiger partial charge in [0, 0.05) is 37.5 Å². The fourth-order valence-electron chi connectivity index (χ4n) is 2.30. The molecule has 0 radical (unpaired) electrons. The molecule has 0 fully saturated rings. The topological polar surface area (TPSA) is 60.8 Å². The molecular weight excluding hydrogens is 334 g/mol. The van der Waals surface area contributed by atoms with Crippen LogP contribution in [0.3, 0.4) is 0 Å². The number of hydrogen-bond donors (Lipinski definition) is 1. The minimum Gasteiger partial charge on any atom is -0.357 e. The Balaban J connectivity index is 2.79. The zero-order valence-electron chi connectivity index (χ0n) is 16.7. The molecular formula is C18H33N5OS. The molecule has 142 valence electrons. The largest absolute Gasteiger partial charge is 0.357 e. The van der Waals surface area contributed by atoms with Crippen LogP contribution in [-0.4, -0.2) is 59.9 Å². The number of likely N-dealkylation sites (N-methyl/N-ethyl adjacent to an activating group) is 2. The fourth-order valence-corrected chi connectivity index (χ4v) is 3.20. The first-order chi connectivity index (χ1) is 11.7. The average molecular weight is 368 g/mol. The normalized spacial score (nSPS) is 12.2. The maximum atomic E-state index is 12.3. The molecule has 1 heterocycles. The van der Waals surface area contributed by atoms with Gasteiger partial charge in [0.05, 0.1) is 23.8 Å². The molecule has 1 aromatic rings. The Bertz CT molecular complexity index is 572. The molecule has 0 unspecified atom stereocenters. The third-order valence-corrected chi connectivity index (χ3v) is 5.09. The van der Waals surface area contributed by atoms with Gasteiger partial charge in [-0.15, -0.1) is 11.3 Å². The first-order valence-electron chi connectivity index (χ1n) is 8.94. The molecule has 1 N–H and O–H groups in total. The van der Waals surface area contributed by atoms with Crippen LogP contribution in [-0.2, 0) is 16.8 Å². The third kappa shape index (κ3) is 6.65. The number of thiazole rings is 1. The zero-order valence-corrected chi connectivity index (χ0v) is 17.5. The van der Waals surface area contributed by atoms with Crippen molar-refractivity contribution in [2.45, 2.75) is 53.5 Å². The fraction of sp³-hybridized carbons (Fsp3) is 0.722. The van der Waals surface area contributed by atoms with Crippen LogP contribution in [0.1, 0.15) is 52.2 Å². The SMILES string of the molecule is CCNC(=NCc1csc(C(C)(C)C)n1)N(C)CC(=O)N(CC)CC. The zero-order chi connectivity index (χ0) is 19.0. The van der Waals surface area contributed by atoms with Gasteiger partial charge in [-0.2, -0.15) is 0 Å². The quantitative estimate of drug-likeness (QED) is 0.595. The second kappa shape index (κ2) is 9.75. The van der Waals surface area contributed by atoms with Crippen LogP contribution in [0.25, 0.3) is 0 Å². The molecule has 0 saturated carbocycles. The van der Waals surface area contributed by atoms with Gasteiger partial charge in [-0.1, -0.05) is 20.8 Å². The highest BCUT2D eigenvalue weighted by Gasteiger charge is 2.18. The molecule has 0 atom stereocenters. The summed E-state index contributed by atoms with van der Waals surface area (Å²) in [6.07, 6.45) is 0. The number of hydrogen-bond acceptors (Lipinski definition) is 4. The number of guanidine groups is 1. The number of aromatic nitrogens is 1. The van der Waals surface area contributed by atoms with Crippen LogP contribution in [0.2, 0.25) is 0 Å². The molecule has 1 amide bonds. The summed E-state index contributed by atoms with van der Waals surface area (Å²) in [5.74, 6) is 0.843. The van der Waals surface area contributed by atoms with Gasteiger partial charge in [0.25, 0.3) is 0 Å². The molecule has 0 aliphatic carbocycles. The predicted octanol–water partition coefficient (Wildman–Crippen LogP) is 2.71. The van der Waals surface area contributed by atoms with Gasteiger partial charge in [-0.25, -0.2) is 9.98 Å². The first kappa shape index (κ1) is 21.4. The summed E-state index contributed by atoms with van der Waals surface area (Å²) in [4.78, 5) is 25.3. The second-order valence-electron chi connectivity index (χ2n) is 6.99. The van der Waals surface area contributed by atoms with E-state index in [9.17, 15) is 4.79 Å². The van der Waals surface area contributed by atoms with Crippen molar-refractivity contribution in [2.24, 2.45) is 4.99 Å². The summed E-state index contributed by atoms with van der Waals surface area (Å²) in [6, 6.07) is 0. The van der Waals surface area contributed by atoms with E-state index in [-0.39, 0.29) is 11.3 Å². The van der Waals surface area contributed by atoms with Crippen LogP contribution in [0.4, 0.5) is 0 Å². The van der Waals surface area contributed by atoms with Crippen LogP contribution in [0, 0.1) is 0 Å². The Hall–Kier alpha value is -1.63. The van der Waals surface area contributed by atoms with E-state index in [2.05, 4.69) is 41.4 Å². The van der Waals surface area contributed by atoms with Gasteiger partial charge in [0.1, 0.15) is 0 Å². The van der Waals surface area contributed by atoms with E-state index >= 15 is 0 Å². The Labute approximate surface area is 156 Å². The van der Waals surface area contributed by atoms with Gasteiger partial charge in [-0.3, -0.25) is 4.79 Å². The highest BCUT2D eigenvalue weighted by Crippen LogP contribution is 2.25. The van der Waals surface area contributed by atoms with E-state index in [1.807, 2.05) is 37.6 Å². The van der Waals surface area contributed by atoms with Crippen molar-refractivity contribution in [3.8, 4) is 0 Å². The van der Waals surface area contributed by atoms with Crippen molar-refractivity contribution in [3.05, 3.63) is 16.1 Å². The summed E-state index contributed by atoms with van der Waals surface area (Å²) < 4.78 is 0. The van der Waals surface area contributed by atoms with Crippen molar-refractivity contribution < 1.29 is 4.79 Å². The minimum absolute atomic E-state index is 0.0596. The maximum absolute atomic E-state index is 12.3. The maximum Gasteiger partial charge on any atom is 0.242 e. The molecule has 1 aromatic heterocycles. The molecule has 25 heavy (non-hydrogen) atoms. The standard InChI is InChI=1S/C18H33N5OS/c1-8-19-17(22(7)12-15(24)23(9-2)10-3)20-11-14-13-25-16(21-14)18(4,5)6/h13H,8-12H2,1-7H3,(H,19,20). The van der Waals surface area contributed by atoms with E-state index in [1.165, 1.54) is 0 Å². The number of aliphatic imine (C=N–C) groups is 1. The van der Waals surface area contributed by atoms with Crippen molar-refractivity contribution in [2.75, 3.05) is 33.2 Å². The molecule has 0 spiro atoms. The highest BCUT2D eigenvalue weighted by atomic mass is 32.1. The van der Waals surface area contributed by atoms with E-state index in [1.54, 1.807) is 11.3 Å². The lowest BCUT2D eigenvalue weighted by molar-refractivity contribution is -0.131. The third-order valence-electron chi connectivity index (χ3n) is 3.77. The Morgan fingerprint density at radius 3 is 2.40 bits per heavy atom. The van der Waals surface area contributed by atoms with Crippen molar-refractivity contribution in [1.82, 2.24) is 20.1 Å². The van der Waals surface area contributed by atoms with Crippen LogP contribution in [0.5, 0.6) is 0 Å². The van der Waals surface area contributed by atoms with Crippen molar-refractivity contribution in [1.29, 1.82) is 0 Å². The molecule has 0 saturated heterocycles. The number of carbonyl (C=O) groups is 1. The molecule has 6 nitrogen and oxygen atoms in total. The van der Waals surface area contributed by atoms with Crippen LogP contribution >= 0.6 is 11.3 Å². The summed E-state index contributed by atoms with van der Waals surface area (Å²) >= 11 is 1.68. The number of amides is 1. The number of nitrogens with one attached hydrogen (secondary N) is 1. The molecule has 0 aliphatic heterocycles. The van der Waals surface area contributed by atoms with E-state index < -0.39 is 0 Å². The van der Waals surface area contributed by atoms with Crippen LogP contribution < -0.4 is 5.32 Å². The van der Waals surface area contributed by atoms with Crippen molar-refractivity contribution >= 4 is 23.2 Å². The Morgan fingerprint density at radius 1 is 1.28 bits per heavy atom. The Kier molecular flexibility index (Phi) is 8.35. The summed E-state index contributed by atoms with van der Waals surface area (Å²) in [5, 5.41) is 6.43. The van der Waals surface area contributed by atoms with E-state index in [0.29, 0.717) is 13.1 Å². The highest BCUT2D eigenvalue weighted by molar-refractivity contribution is 7.09. The molecule has 1 rings (SSSR count). The smallest absolute Gasteiger partial charge is 0.242 e. The lowest BCUT2D eigenvalue weighted by Crippen LogP contribution is -2.45. The number of carbonyl (C=O) groups excluding carboxylic acids is 1. The average Bonchev–Trinajstić information content (AvgIpc) is 3.01.